The van der Waals surface area contributed by atoms with E-state index in [4.69, 9.17) is 0 Å². The summed E-state index contributed by atoms with van der Waals surface area (Å²) in [5, 5.41) is 0. The van der Waals surface area contributed by atoms with Crippen molar-refractivity contribution in [1.82, 2.24) is 4.72 Å². The quantitative estimate of drug-likeness (QED) is 0.791. The summed E-state index contributed by atoms with van der Waals surface area (Å²) < 4.78 is 21.1. The molecule has 1 N–H and O–H groups in total. The summed E-state index contributed by atoms with van der Waals surface area (Å²) in [6, 6.07) is 0. The third-order valence-corrected chi connectivity index (χ3v) is 3.13. The van der Waals surface area contributed by atoms with Gasteiger partial charge >= 0.3 is 0 Å². The smallest absolute Gasteiger partial charge is 0.0180 e. The maximum absolute atomic E-state index is 9.49. The zero-order valence-corrected chi connectivity index (χ0v) is 11.3. The van der Waals surface area contributed by atoms with Gasteiger partial charge in [-0.1, -0.05) is 46.5 Å². The number of nitrogens with one attached hydrogen (secondary N) is 1. The average molecular weight is 260 g/mol. The Balaban J connectivity index is 0. The van der Waals surface area contributed by atoms with Gasteiger partial charge < -0.3 is 4.55 Å². The maximum atomic E-state index is 9.49. The predicted molar refractivity (Wildman–Crippen MR) is 59.4 cm³/mol. The first kappa shape index (κ1) is 18.7. The minimum absolute atomic E-state index is 0. The van der Waals surface area contributed by atoms with Crippen LogP contribution in [0, 0.1) is 49.6 Å². The van der Waals surface area contributed by atoms with E-state index in [0.717, 1.165) is 11.8 Å². The van der Waals surface area contributed by atoms with Gasteiger partial charge in [0, 0.05) is 55.5 Å². The van der Waals surface area contributed by atoms with Crippen LogP contribution in [0.5, 0.6) is 0 Å². The topological polar surface area (TPSA) is 52.2 Å². The van der Waals surface area contributed by atoms with Gasteiger partial charge in [-0.2, -0.15) is 0 Å². The third-order valence-electron chi connectivity index (χ3n) is 2.60. The van der Waals surface area contributed by atoms with Crippen molar-refractivity contribution in [1.29, 1.82) is 0 Å². The summed E-state index contributed by atoms with van der Waals surface area (Å²) in [5.74, 6) is 2.01. The van der Waals surface area contributed by atoms with E-state index in [2.05, 4.69) is 18.6 Å². The molecule has 0 spiro atoms. The summed E-state index contributed by atoms with van der Waals surface area (Å²) in [6.45, 7) is 6.87. The molecule has 0 aliphatic heterocycles. The third kappa shape index (κ3) is 11.6. The van der Waals surface area contributed by atoms with Gasteiger partial charge in [-0.3, -0.25) is 4.21 Å². The Kier molecular flexibility index (Phi) is 14.7. The molecule has 0 bridgehead atoms. The minimum Gasteiger partial charge on any atom is -0.760 e. The van der Waals surface area contributed by atoms with Crippen molar-refractivity contribution >= 4 is 11.3 Å². The minimum atomic E-state index is -2.07. The summed E-state index contributed by atoms with van der Waals surface area (Å²) in [5.41, 5.74) is 0. The fraction of sp³-hybridized carbons (Fsp3) is 1.00. The Morgan fingerprint density at radius 3 is 2.00 bits per heavy atom. The average Bonchev–Trinajstić information content (AvgIpc) is 2.56. The van der Waals surface area contributed by atoms with E-state index in [1.54, 1.807) is 6.92 Å². The largest absolute Gasteiger partial charge is 0.760 e. The zero-order valence-electron chi connectivity index (χ0n) is 9.77. The first-order valence-corrected chi connectivity index (χ1v) is 6.48. The normalized spacial score (nSPS) is 17.9. The molecule has 1 aliphatic rings. The van der Waals surface area contributed by atoms with Crippen LogP contribution >= 0.6 is 0 Å². The van der Waals surface area contributed by atoms with E-state index < -0.39 is 11.3 Å². The Bertz CT molecular complexity index is 162. The molecule has 94 valence electrons. The van der Waals surface area contributed by atoms with Crippen molar-refractivity contribution < 1.29 is 46.5 Å². The molecular formula is C10H22ArNO2S-. The predicted octanol–water partition coefficient (Wildman–Crippen LogP) is 2.22. The molecule has 0 aromatic heterocycles. The summed E-state index contributed by atoms with van der Waals surface area (Å²) >= 11 is -2.07. The van der Waals surface area contributed by atoms with Crippen molar-refractivity contribution in [3.8, 4) is 0 Å². The van der Waals surface area contributed by atoms with Gasteiger partial charge in [-0.15, -0.1) is 0 Å². The van der Waals surface area contributed by atoms with Crippen LogP contribution in [0.4, 0.5) is 0 Å². The Morgan fingerprint density at radius 2 is 1.87 bits per heavy atom. The second-order valence-corrected chi connectivity index (χ2v) is 4.78. The van der Waals surface area contributed by atoms with E-state index in [-0.39, 0.29) is 37.7 Å². The van der Waals surface area contributed by atoms with Gasteiger partial charge in [0.1, 0.15) is 0 Å². The second-order valence-electron chi connectivity index (χ2n) is 4.02. The molecule has 3 nitrogen and oxygen atoms in total. The van der Waals surface area contributed by atoms with Crippen LogP contribution in [0.2, 0.25) is 0 Å². The van der Waals surface area contributed by atoms with Crippen LogP contribution in [0.3, 0.4) is 0 Å². The second kappa shape index (κ2) is 11.8. The molecule has 0 heterocycles. The van der Waals surface area contributed by atoms with Crippen molar-refractivity contribution in [2.75, 3.05) is 6.54 Å². The Labute approximate surface area is 126 Å². The van der Waals surface area contributed by atoms with Crippen molar-refractivity contribution in [2.45, 2.75) is 46.5 Å². The molecule has 1 saturated carbocycles. The Hall–Kier alpha value is 1.33. The van der Waals surface area contributed by atoms with Gasteiger partial charge in [-0.25, -0.2) is 4.72 Å². The molecule has 0 aromatic rings. The molecule has 0 amide bonds. The van der Waals surface area contributed by atoms with E-state index >= 15 is 0 Å². The molecule has 0 aromatic carbocycles. The van der Waals surface area contributed by atoms with Crippen LogP contribution in [0.1, 0.15) is 46.5 Å². The first-order chi connectivity index (χ1) is 6.57. The van der Waals surface area contributed by atoms with Crippen LogP contribution in [-0.2, 0) is 11.3 Å². The van der Waals surface area contributed by atoms with Gasteiger partial charge in [0.15, 0.2) is 0 Å². The van der Waals surface area contributed by atoms with Gasteiger partial charge in [0.2, 0.25) is 0 Å². The summed E-state index contributed by atoms with van der Waals surface area (Å²) in [7, 11) is 0. The van der Waals surface area contributed by atoms with E-state index in [9.17, 15) is 8.76 Å². The molecule has 0 saturated heterocycles. The maximum Gasteiger partial charge on any atom is 0.0180 e. The number of hydrogen-bond donors (Lipinski definition) is 1. The molecule has 1 unspecified atom stereocenters. The fourth-order valence-corrected chi connectivity index (χ4v) is 1.98. The molecule has 1 atom stereocenters. The zero-order chi connectivity index (χ0) is 11.0. The van der Waals surface area contributed by atoms with Crippen molar-refractivity contribution in [3.05, 3.63) is 0 Å². The van der Waals surface area contributed by atoms with E-state index in [1.165, 1.54) is 25.7 Å². The summed E-state index contributed by atoms with van der Waals surface area (Å²) in [4.78, 5) is 0. The van der Waals surface area contributed by atoms with Gasteiger partial charge in [0.25, 0.3) is 0 Å². The van der Waals surface area contributed by atoms with Crippen molar-refractivity contribution in [3.63, 3.8) is 0 Å². The van der Waals surface area contributed by atoms with Crippen molar-refractivity contribution in [2.24, 2.45) is 11.8 Å². The van der Waals surface area contributed by atoms with E-state index in [0.29, 0.717) is 6.54 Å². The molecule has 5 heteroatoms. The number of hydrogen-bond acceptors (Lipinski definition) is 2. The Morgan fingerprint density at radius 1 is 1.40 bits per heavy atom. The van der Waals surface area contributed by atoms with Crippen LogP contribution < -0.4 is 4.72 Å². The van der Waals surface area contributed by atoms with Crippen LogP contribution in [0.15, 0.2) is 0 Å². The fourth-order valence-electron chi connectivity index (χ4n) is 1.74. The monoisotopic (exact) mass is 260 g/mol. The SMILES string of the molecule is CC(C)C1CCCC1.CCNS(=O)[O-].[Ar]. The van der Waals surface area contributed by atoms with Gasteiger partial charge in [-0.05, 0) is 11.8 Å². The summed E-state index contributed by atoms with van der Waals surface area (Å²) in [6.07, 6.45) is 5.97. The standard InChI is InChI=1S/C8H16.C2H7NO2S.Ar/c1-7(2)8-5-3-4-6-8;1-2-3-6(4)5;/h7-8H,3-6H2,1-2H3;3H,2H2,1H3,(H,4,5);/p-1. The molecule has 1 rings (SSSR count). The molecule has 0 radical (unpaired) electrons. The van der Waals surface area contributed by atoms with Gasteiger partial charge in [0.05, 0.1) is 0 Å². The van der Waals surface area contributed by atoms with Crippen LogP contribution in [-0.4, -0.2) is 15.3 Å². The van der Waals surface area contributed by atoms with Crippen LogP contribution in [0.25, 0.3) is 0 Å². The molecular weight excluding hydrogens is 238 g/mol. The molecule has 1 fully saturated rings. The molecule has 1 aliphatic carbocycles. The number of rotatable bonds is 3. The van der Waals surface area contributed by atoms with E-state index in [1.807, 2.05) is 0 Å². The first-order valence-electron chi connectivity index (χ1n) is 5.40. The molecule has 15 heavy (non-hydrogen) atoms.